The predicted molar refractivity (Wildman–Crippen MR) is 101 cm³/mol. The van der Waals surface area contributed by atoms with E-state index in [1.807, 2.05) is 39.0 Å². The molecule has 3 nitrogen and oxygen atoms in total. The van der Waals surface area contributed by atoms with Crippen molar-refractivity contribution in [3.05, 3.63) is 56.0 Å². The van der Waals surface area contributed by atoms with E-state index < -0.39 is 6.10 Å². The van der Waals surface area contributed by atoms with E-state index in [-0.39, 0.29) is 5.91 Å². The zero-order chi connectivity index (χ0) is 17.1. The zero-order valence-corrected chi connectivity index (χ0v) is 16.7. The van der Waals surface area contributed by atoms with Crippen molar-refractivity contribution in [2.45, 2.75) is 33.8 Å². The molecule has 122 valence electrons. The maximum Gasteiger partial charge on any atom is 0.265 e. The van der Waals surface area contributed by atoms with Crippen LogP contribution in [0.1, 0.15) is 23.6 Å². The minimum Gasteiger partial charge on any atom is -0.480 e. The minimum atomic E-state index is -0.604. The summed E-state index contributed by atoms with van der Waals surface area (Å²) in [7, 11) is 0. The van der Waals surface area contributed by atoms with Crippen molar-refractivity contribution in [2.24, 2.45) is 0 Å². The van der Waals surface area contributed by atoms with Crippen LogP contribution in [0.15, 0.2) is 39.3 Å². The van der Waals surface area contributed by atoms with E-state index in [2.05, 4.69) is 49.3 Å². The van der Waals surface area contributed by atoms with Crippen LogP contribution in [-0.4, -0.2) is 12.0 Å². The molecule has 2 aromatic rings. The molecular formula is C18H19Br2NO2. The summed E-state index contributed by atoms with van der Waals surface area (Å²) in [6.45, 7) is 7.77. The van der Waals surface area contributed by atoms with E-state index in [1.165, 1.54) is 5.56 Å². The maximum absolute atomic E-state index is 12.4. The fourth-order valence-corrected chi connectivity index (χ4v) is 3.56. The number of hydrogen-bond donors (Lipinski definition) is 1. The van der Waals surface area contributed by atoms with Gasteiger partial charge in [-0.15, -0.1) is 0 Å². The van der Waals surface area contributed by atoms with Crippen LogP contribution in [0.2, 0.25) is 0 Å². The van der Waals surface area contributed by atoms with E-state index >= 15 is 0 Å². The van der Waals surface area contributed by atoms with Gasteiger partial charge in [0.2, 0.25) is 0 Å². The molecule has 2 aromatic carbocycles. The van der Waals surface area contributed by atoms with E-state index in [0.29, 0.717) is 5.75 Å². The lowest BCUT2D eigenvalue weighted by Gasteiger charge is -2.18. The predicted octanol–water partition coefficient (Wildman–Crippen LogP) is 5.54. The van der Waals surface area contributed by atoms with Gasteiger partial charge < -0.3 is 10.1 Å². The Morgan fingerprint density at radius 2 is 1.70 bits per heavy atom. The SMILES string of the molecule is Cc1cc(C)c(NC(=O)[C@@H](C)Oc2ccc(Br)cc2Br)c(C)c1. The topological polar surface area (TPSA) is 38.3 Å². The van der Waals surface area contributed by atoms with Gasteiger partial charge in [0.25, 0.3) is 5.91 Å². The molecule has 0 fully saturated rings. The molecule has 0 radical (unpaired) electrons. The van der Waals surface area contributed by atoms with Gasteiger partial charge >= 0.3 is 0 Å². The average molecular weight is 441 g/mol. The highest BCUT2D eigenvalue weighted by Gasteiger charge is 2.18. The molecule has 0 saturated carbocycles. The van der Waals surface area contributed by atoms with Crippen molar-refractivity contribution in [1.82, 2.24) is 0 Å². The van der Waals surface area contributed by atoms with Crippen molar-refractivity contribution in [3.63, 3.8) is 0 Å². The van der Waals surface area contributed by atoms with E-state index in [4.69, 9.17) is 4.74 Å². The summed E-state index contributed by atoms with van der Waals surface area (Å²) in [4.78, 5) is 12.4. The summed E-state index contributed by atoms with van der Waals surface area (Å²) in [5, 5.41) is 2.97. The van der Waals surface area contributed by atoms with Gasteiger partial charge in [-0.2, -0.15) is 0 Å². The molecule has 0 heterocycles. The van der Waals surface area contributed by atoms with Crippen LogP contribution in [0.5, 0.6) is 5.75 Å². The molecule has 1 N–H and O–H groups in total. The lowest BCUT2D eigenvalue weighted by Crippen LogP contribution is -2.30. The third kappa shape index (κ3) is 4.58. The third-order valence-electron chi connectivity index (χ3n) is 3.49. The molecule has 5 heteroatoms. The van der Waals surface area contributed by atoms with Crippen LogP contribution >= 0.6 is 31.9 Å². The Labute approximate surface area is 153 Å². The Hall–Kier alpha value is -1.33. The molecule has 0 aromatic heterocycles. The minimum absolute atomic E-state index is 0.171. The molecule has 2 rings (SSSR count). The van der Waals surface area contributed by atoms with E-state index in [9.17, 15) is 4.79 Å². The molecule has 0 unspecified atom stereocenters. The molecule has 1 amide bonds. The number of anilines is 1. The number of rotatable bonds is 4. The summed E-state index contributed by atoms with van der Waals surface area (Å²) in [6.07, 6.45) is -0.604. The molecule has 0 bridgehead atoms. The highest BCUT2D eigenvalue weighted by molar-refractivity contribution is 9.11. The molecule has 0 aliphatic heterocycles. The second-order valence-electron chi connectivity index (χ2n) is 5.60. The first kappa shape index (κ1) is 18.0. The average Bonchev–Trinajstić information content (AvgIpc) is 2.45. The van der Waals surface area contributed by atoms with E-state index in [1.54, 1.807) is 6.92 Å². The van der Waals surface area contributed by atoms with Crippen LogP contribution in [0.4, 0.5) is 5.69 Å². The monoisotopic (exact) mass is 439 g/mol. The van der Waals surface area contributed by atoms with Gasteiger partial charge in [-0.3, -0.25) is 4.79 Å². The summed E-state index contributed by atoms with van der Waals surface area (Å²) in [5.74, 6) is 0.461. The number of ether oxygens (including phenoxy) is 1. The number of nitrogens with one attached hydrogen (secondary N) is 1. The first-order valence-corrected chi connectivity index (χ1v) is 8.87. The summed E-state index contributed by atoms with van der Waals surface area (Å²) in [5.41, 5.74) is 4.13. The lowest BCUT2D eigenvalue weighted by atomic mass is 10.0. The smallest absolute Gasteiger partial charge is 0.265 e. The molecule has 0 saturated heterocycles. The molecule has 0 aliphatic carbocycles. The van der Waals surface area contributed by atoms with Gasteiger partial charge in [0.15, 0.2) is 6.10 Å². The summed E-state index contributed by atoms with van der Waals surface area (Å²) >= 11 is 6.83. The molecule has 1 atom stereocenters. The summed E-state index contributed by atoms with van der Waals surface area (Å²) in [6, 6.07) is 9.69. The Kier molecular flexibility index (Phi) is 5.87. The number of carbonyl (C=O) groups excluding carboxylic acids is 1. The van der Waals surface area contributed by atoms with Crippen LogP contribution in [-0.2, 0) is 4.79 Å². The standard InChI is InChI=1S/C18H19Br2NO2/c1-10-7-11(2)17(12(3)8-10)21-18(22)13(4)23-16-6-5-14(19)9-15(16)20/h5-9,13H,1-4H3,(H,21,22)/t13-/m1/s1. The zero-order valence-electron chi connectivity index (χ0n) is 13.5. The second kappa shape index (κ2) is 7.49. The highest BCUT2D eigenvalue weighted by Crippen LogP contribution is 2.29. The number of benzene rings is 2. The van der Waals surface area contributed by atoms with E-state index in [0.717, 1.165) is 25.8 Å². The molecule has 0 spiro atoms. The van der Waals surface area contributed by atoms with Gasteiger partial charge in [0.1, 0.15) is 5.75 Å². The first-order chi connectivity index (χ1) is 10.8. The maximum atomic E-state index is 12.4. The number of amides is 1. The van der Waals surface area contributed by atoms with Gasteiger partial charge in [-0.25, -0.2) is 0 Å². The van der Waals surface area contributed by atoms with Gasteiger partial charge in [0, 0.05) is 10.2 Å². The summed E-state index contributed by atoms with van der Waals surface area (Å²) < 4.78 is 7.50. The van der Waals surface area contributed by atoms with Crippen molar-refractivity contribution < 1.29 is 9.53 Å². The normalized spacial score (nSPS) is 11.9. The molecule has 23 heavy (non-hydrogen) atoms. The molecule has 0 aliphatic rings. The first-order valence-electron chi connectivity index (χ1n) is 7.28. The molecular weight excluding hydrogens is 422 g/mol. The number of aryl methyl sites for hydroxylation is 3. The van der Waals surface area contributed by atoms with Gasteiger partial charge in [-0.05, 0) is 73.0 Å². The third-order valence-corrected chi connectivity index (χ3v) is 4.61. The second-order valence-corrected chi connectivity index (χ2v) is 7.37. The Balaban J connectivity index is 2.11. The van der Waals surface area contributed by atoms with Crippen LogP contribution in [0, 0.1) is 20.8 Å². The van der Waals surface area contributed by atoms with Crippen molar-refractivity contribution in [3.8, 4) is 5.75 Å². The number of carbonyl (C=O) groups is 1. The van der Waals surface area contributed by atoms with Crippen molar-refractivity contribution >= 4 is 43.5 Å². The van der Waals surface area contributed by atoms with Crippen LogP contribution in [0.25, 0.3) is 0 Å². The number of hydrogen-bond acceptors (Lipinski definition) is 2. The Morgan fingerprint density at radius 1 is 1.09 bits per heavy atom. The van der Waals surface area contributed by atoms with Gasteiger partial charge in [0.05, 0.1) is 4.47 Å². The fourth-order valence-electron chi connectivity index (χ4n) is 2.42. The van der Waals surface area contributed by atoms with Crippen LogP contribution < -0.4 is 10.1 Å². The van der Waals surface area contributed by atoms with Gasteiger partial charge in [-0.1, -0.05) is 33.6 Å². The van der Waals surface area contributed by atoms with Crippen LogP contribution in [0.3, 0.4) is 0 Å². The highest BCUT2D eigenvalue weighted by atomic mass is 79.9. The van der Waals surface area contributed by atoms with Crippen molar-refractivity contribution in [2.75, 3.05) is 5.32 Å². The largest absolute Gasteiger partial charge is 0.480 e. The quantitative estimate of drug-likeness (QED) is 0.677. The number of halogens is 2. The Morgan fingerprint density at radius 3 is 2.26 bits per heavy atom. The fraction of sp³-hybridized carbons (Fsp3) is 0.278. The lowest BCUT2D eigenvalue weighted by molar-refractivity contribution is -0.122. The van der Waals surface area contributed by atoms with Crippen molar-refractivity contribution in [1.29, 1.82) is 0 Å². The Bertz CT molecular complexity index is 721.